The highest BCUT2D eigenvalue weighted by Gasteiger charge is 2.32. The molecule has 2 atom stereocenters. The molecule has 20 heavy (non-hydrogen) atoms. The second-order valence-electron chi connectivity index (χ2n) is 5.52. The molecule has 2 heterocycles. The highest BCUT2D eigenvalue weighted by molar-refractivity contribution is 5.28. The topological polar surface area (TPSA) is 53.8 Å². The van der Waals surface area contributed by atoms with Crippen molar-refractivity contribution in [1.29, 1.82) is 0 Å². The van der Waals surface area contributed by atoms with Gasteiger partial charge in [-0.25, -0.2) is 0 Å². The molecule has 0 spiro atoms. The van der Waals surface area contributed by atoms with E-state index in [1.807, 2.05) is 11.6 Å². The van der Waals surface area contributed by atoms with Gasteiger partial charge in [0.15, 0.2) is 5.75 Å². The van der Waals surface area contributed by atoms with Gasteiger partial charge in [-0.15, -0.1) is 0 Å². The minimum Gasteiger partial charge on any atom is -0.493 e. The molecule has 0 amide bonds. The number of rotatable bonds is 4. The van der Waals surface area contributed by atoms with Gasteiger partial charge in [-0.2, -0.15) is 5.10 Å². The summed E-state index contributed by atoms with van der Waals surface area (Å²) in [6.07, 6.45) is 2.21. The van der Waals surface area contributed by atoms with E-state index in [0.717, 1.165) is 38.3 Å². The number of aromatic nitrogens is 2. The molecule has 1 fully saturated rings. The van der Waals surface area contributed by atoms with E-state index in [1.54, 1.807) is 13.3 Å². The molecule has 2 rings (SSSR count). The van der Waals surface area contributed by atoms with Crippen LogP contribution in [0.4, 0.5) is 0 Å². The van der Waals surface area contributed by atoms with E-state index in [1.165, 1.54) is 0 Å². The number of methoxy groups -OCH3 is 1. The number of hydrogen-bond donors (Lipinski definition) is 1. The van der Waals surface area contributed by atoms with Crippen LogP contribution in [0.25, 0.3) is 0 Å². The summed E-state index contributed by atoms with van der Waals surface area (Å²) >= 11 is 0. The maximum atomic E-state index is 10.9. The van der Waals surface area contributed by atoms with Crippen molar-refractivity contribution in [2.45, 2.75) is 32.0 Å². The normalized spacial score (nSPS) is 23.6. The first-order valence-corrected chi connectivity index (χ1v) is 7.25. The zero-order valence-corrected chi connectivity index (χ0v) is 12.9. The Balaban J connectivity index is 2.28. The zero-order chi connectivity index (χ0) is 14.7. The van der Waals surface area contributed by atoms with Gasteiger partial charge >= 0.3 is 0 Å². The molecule has 114 valence electrons. The fraction of sp³-hybridized carbons (Fsp3) is 0.786. The summed E-state index contributed by atoms with van der Waals surface area (Å²) in [5.74, 6) is 0.666. The van der Waals surface area contributed by atoms with Crippen LogP contribution < -0.4 is 4.74 Å². The van der Waals surface area contributed by atoms with Crippen molar-refractivity contribution in [3.8, 4) is 5.75 Å². The SMILES string of the molecule is CCn1ncc(OC)c1C(O)C1CN(C)CCCN1C. The molecule has 0 saturated carbocycles. The summed E-state index contributed by atoms with van der Waals surface area (Å²) in [5, 5.41) is 15.2. The van der Waals surface area contributed by atoms with Crippen LogP contribution in [-0.4, -0.2) is 71.6 Å². The van der Waals surface area contributed by atoms with Crippen LogP contribution in [0.3, 0.4) is 0 Å². The van der Waals surface area contributed by atoms with Crippen molar-refractivity contribution in [1.82, 2.24) is 19.6 Å². The van der Waals surface area contributed by atoms with E-state index in [0.29, 0.717) is 5.75 Å². The molecule has 1 saturated heterocycles. The molecule has 1 aromatic rings. The van der Waals surface area contributed by atoms with Gasteiger partial charge in [0.25, 0.3) is 0 Å². The fourth-order valence-corrected chi connectivity index (χ4v) is 2.91. The first kappa shape index (κ1) is 15.3. The Bertz CT molecular complexity index is 413. The number of aliphatic hydroxyl groups is 1. The summed E-state index contributed by atoms with van der Waals surface area (Å²) in [4.78, 5) is 4.51. The van der Waals surface area contributed by atoms with Crippen molar-refractivity contribution in [3.63, 3.8) is 0 Å². The smallest absolute Gasteiger partial charge is 0.162 e. The molecule has 2 unspecified atom stereocenters. The van der Waals surface area contributed by atoms with Crippen LogP contribution >= 0.6 is 0 Å². The van der Waals surface area contributed by atoms with Crippen LogP contribution in [0.15, 0.2) is 6.20 Å². The van der Waals surface area contributed by atoms with Crippen LogP contribution in [-0.2, 0) is 6.54 Å². The van der Waals surface area contributed by atoms with Crippen LogP contribution in [0.2, 0.25) is 0 Å². The number of aliphatic hydroxyl groups excluding tert-OH is 1. The first-order chi connectivity index (χ1) is 9.58. The van der Waals surface area contributed by atoms with E-state index in [-0.39, 0.29) is 6.04 Å². The fourth-order valence-electron chi connectivity index (χ4n) is 2.91. The number of aryl methyl sites for hydroxylation is 1. The summed E-state index contributed by atoms with van der Waals surface area (Å²) < 4.78 is 7.18. The van der Waals surface area contributed by atoms with Gasteiger partial charge < -0.3 is 14.7 Å². The second-order valence-corrected chi connectivity index (χ2v) is 5.52. The third-order valence-corrected chi connectivity index (χ3v) is 4.12. The quantitative estimate of drug-likeness (QED) is 0.875. The van der Waals surface area contributed by atoms with E-state index in [9.17, 15) is 5.11 Å². The van der Waals surface area contributed by atoms with Crippen LogP contribution in [0, 0.1) is 0 Å². The van der Waals surface area contributed by atoms with Crippen molar-refractivity contribution in [2.24, 2.45) is 0 Å². The maximum absolute atomic E-state index is 10.9. The predicted molar refractivity (Wildman–Crippen MR) is 77.9 cm³/mol. The average Bonchev–Trinajstić information content (AvgIpc) is 2.78. The summed E-state index contributed by atoms with van der Waals surface area (Å²) in [7, 11) is 5.80. The van der Waals surface area contributed by atoms with Gasteiger partial charge in [0.05, 0.1) is 19.3 Å². The number of nitrogens with zero attached hydrogens (tertiary/aromatic N) is 4. The van der Waals surface area contributed by atoms with Gasteiger partial charge in [0, 0.05) is 13.1 Å². The molecule has 6 nitrogen and oxygen atoms in total. The molecule has 0 aliphatic carbocycles. The molecule has 0 radical (unpaired) electrons. The average molecular weight is 282 g/mol. The van der Waals surface area contributed by atoms with E-state index >= 15 is 0 Å². The lowest BCUT2D eigenvalue weighted by molar-refractivity contribution is 0.0493. The molecule has 1 aliphatic heterocycles. The largest absolute Gasteiger partial charge is 0.493 e. The van der Waals surface area contributed by atoms with E-state index in [4.69, 9.17) is 4.74 Å². The number of hydrogen-bond acceptors (Lipinski definition) is 5. The van der Waals surface area contributed by atoms with Gasteiger partial charge in [-0.05, 0) is 40.5 Å². The van der Waals surface area contributed by atoms with E-state index in [2.05, 4.69) is 29.0 Å². The number of ether oxygens (including phenoxy) is 1. The lowest BCUT2D eigenvalue weighted by Gasteiger charge is -2.32. The zero-order valence-electron chi connectivity index (χ0n) is 12.9. The third-order valence-electron chi connectivity index (χ3n) is 4.12. The summed E-state index contributed by atoms with van der Waals surface area (Å²) in [6, 6.07) is 0.0541. The molecule has 1 aromatic heterocycles. The van der Waals surface area contributed by atoms with Crippen molar-refractivity contribution in [2.75, 3.05) is 40.8 Å². The van der Waals surface area contributed by atoms with Crippen molar-refractivity contribution < 1.29 is 9.84 Å². The second kappa shape index (κ2) is 6.56. The number of likely N-dealkylation sites (N-methyl/N-ethyl adjacent to an activating group) is 2. The van der Waals surface area contributed by atoms with Gasteiger partial charge in [0.1, 0.15) is 11.8 Å². The highest BCUT2D eigenvalue weighted by atomic mass is 16.5. The van der Waals surface area contributed by atoms with Gasteiger partial charge in [-0.3, -0.25) is 9.58 Å². The maximum Gasteiger partial charge on any atom is 0.162 e. The molecule has 0 bridgehead atoms. The Kier molecular flexibility index (Phi) is 5.01. The molecular formula is C14H26N4O2. The Labute approximate surface area is 120 Å². The Morgan fingerprint density at radius 1 is 1.45 bits per heavy atom. The van der Waals surface area contributed by atoms with Crippen LogP contribution in [0.5, 0.6) is 5.75 Å². The standard InChI is InChI=1S/C14H26N4O2/c1-5-18-13(12(20-4)9-15-18)14(19)11-10-16(2)7-6-8-17(11)3/h9,11,14,19H,5-8,10H2,1-4H3. The molecule has 1 N–H and O–H groups in total. The van der Waals surface area contributed by atoms with E-state index < -0.39 is 6.10 Å². The summed E-state index contributed by atoms with van der Waals surface area (Å²) in [5.41, 5.74) is 0.780. The lowest BCUT2D eigenvalue weighted by atomic mass is 10.1. The van der Waals surface area contributed by atoms with Crippen molar-refractivity contribution in [3.05, 3.63) is 11.9 Å². The summed E-state index contributed by atoms with van der Waals surface area (Å²) in [6.45, 7) is 5.65. The lowest BCUT2D eigenvalue weighted by Crippen LogP contribution is -2.42. The monoisotopic (exact) mass is 282 g/mol. The van der Waals surface area contributed by atoms with Crippen molar-refractivity contribution >= 4 is 0 Å². The minimum absolute atomic E-state index is 0.0541. The molecule has 0 aromatic carbocycles. The van der Waals surface area contributed by atoms with Gasteiger partial charge in [-0.1, -0.05) is 0 Å². The Morgan fingerprint density at radius 3 is 2.85 bits per heavy atom. The van der Waals surface area contributed by atoms with Gasteiger partial charge in [0.2, 0.25) is 0 Å². The van der Waals surface area contributed by atoms with Crippen LogP contribution in [0.1, 0.15) is 25.1 Å². The molecule has 6 heteroatoms. The highest BCUT2D eigenvalue weighted by Crippen LogP contribution is 2.30. The third kappa shape index (κ3) is 2.97. The Hall–Kier alpha value is -1.11. The minimum atomic E-state index is -0.599. The molecular weight excluding hydrogens is 256 g/mol. The Morgan fingerprint density at radius 2 is 2.20 bits per heavy atom. The molecule has 1 aliphatic rings. The first-order valence-electron chi connectivity index (χ1n) is 7.25. The predicted octanol–water partition coefficient (Wildman–Crippen LogP) is 0.581.